The molecule has 1 aromatic heterocycles. The smallest absolute Gasteiger partial charge is 0.360 e. The van der Waals surface area contributed by atoms with Crippen molar-refractivity contribution in [2.24, 2.45) is 5.14 Å². The van der Waals surface area contributed by atoms with Crippen LogP contribution >= 0.6 is 11.6 Å². The number of hydrogen-bond acceptors (Lipinski definition) is 5. The van der Waals surface area contributed by atoms with Gasteiger partial charge in [0.15, 0.2) is 0 Å². The van der Waals surface area contributed by atoms with Crippen molar-refractivity contribution < 1.29 is 18.3 Å². The first-order valence-electron chi connectivity index (χ1n) is 4.70. The summed E-state index contributed by atoms with van der Waals surface area (Å²) >= 11 is 5.72. The Bertz CT molecular complexity index is 858. The van der Waals surface area contributed by atoms with Gasteiger partial charge in [-0.3, -0.25) is 4.79 Å². The second kappa shape index (κ2) is 4.30. The number of benzene rings is 1. The number of nitrogens with one attached hydrogen (secondary N) is 1. The van der Waals surface area contributed by atoms with E-state index < -0.39 is 27.2 Å². The molecule has 2 rings (SSSR count). The molecular weight excluding hydrogens is 298 g/mol. The van der Waals surface area contributed by atoms with Gasteiger partial charge in [-0.2, -0.15) is 0 Å². The van der Waals surface area contributed by atoms with Gasteiger partial charge < -0.3 is 10.1 Å². The van der Waals surface area contributed by atoms with Crippen molar-refractivity contribution in [2.75, 3.05) is 0 Å². The summed E-state index contributed by atoms with van der Waals surface area (Å²) in [4.78, 5) is 27.6. The third kappa shape index (κ3) is 2.43. The quantitative estimate of drug-likeness (QED) is 0.708. The summed E-state index contributed by atoms with van der Waals surface area (Å²) < 4.78 is 22.5. The number of rotatable bonds is 2. The van der Waals surface area contributed by atoms with Crippen LogP contribution in [-0.2, 0) is 10.0 Å². The van der Waals surface area contributed by atoms with E-state index in [1.54, 1.807) is 0 Å². The number of carboxylic acids is 1. The van der Waals surface area contributed by atoms with E-state index in [-0.39, 0.29) is 21.0 Å². The summed E-state index contributed by atoms with van der Waals surface area (Å²) in [6, 6.07) is 2.13. The Morgan fingerprint density at radius 3 is 2.58 bits per heavy atom. The van der Waals surface area contributed by atoms with Crippen LogP contribution in [0.15, 0.2) is 21.8 Å². The standard InChI is InChI=1S/C9H6ClN3O5S/c10-3-1-4-5(2-6(3)19(11,17)18)13-8(14)7(12-4)9(15)16/h1-2H,(H,13,14)(H,15,16)(H2,11,17,18). The van der Waals surface area contributed by atoms with Crippen LogP contribution in [-0.4, -0.2) is 29.5 Å². The summed E-state index contributed by atoms with van der Waals surface area (Å²) in [6.07, 6.45) is 0. The number of aromatic nitrogens is 2. The Hall–Kier alpha value is -1.97. The highest BCUT2D eigenvalue weighted by molar-refractivity contribution is 7.89. The van der Waals surface area contributed by atoms with E-state index in [9.17, 15) is 18.0 Å². The average Bonchev–Trinajstić information content (AvgIpc) is 2.26. The number of aromatic amines is 1. The summed E-state index contributed by atoms with van der Waals surface area (Å²) in [5.41, 5.74) is -1.62. The van der Waals surface area contributed by atoms with E-state index >= 15 is 0 Å². The zero-order valence-corrected chi connectivity index (χ0v) is 10.6. The number of nitrogens with zero attached hydrogens (tertiary/aromatic N) is 1. The lowest BCUT2D eigenvalue weighted by atomic mass is 10.3. The predicted molar refractivity (Wildman–Crippen MR) is 65.7 cm³/mol. The van der Waals surface area contributed by atoms with Gasteiger partial charge in [0.25, 0.3) is 5.56 Å². The van der Waals surface area contributed by atoms with E-state index in [0.717, 1.165) is 12.1 Å². The first kappa shape index (κ1) is 13.5. The van der Waals surface area contributed by atoms with Gasteiger partial charge >= 0.3 is 5.97 Å². The predicted octanol–water partition coefficient (Wildman–Crippen LogP) is -0.0779. The Morgan fingerprint density at radius 2 is 2.05 bits per heavy atom. The van der Waals surface area contributed by atoms with Crippen LogP contribution in [0.1, 0.15) is 10.5 Å². The third-order valence-corrected chi connectivity index (χ3v) is 3.63. The number of halogens is 1. The van der Waals surface area contributed by atoms with Crippen LogP contribution in [0.5, 0.6) is 0 Å². The highest BCUT2D eigenvalue weighted by Crippen LogP contribution is 2.24. The molecule has 0 amide bonds. The zero-order valence-electron chi connectivity index (χ0n) is 9.05. The Labute approximate surface area is 110 Å². The molecule has 0 saturated carbocycles. The molecule has 100 valence electrons. The molecule has 0 atom stereocenters. The van der Waals surface area contributed by atoms with E-state index in [4.69, 9.17) is 21.8 Å². The third-order valence-electron chi connectivity index (χ3n) is 2.25. The van der Waals surface area contributed by atoms with Crippen molar-refractivity contribution in [3.05, 3.63) is 33.2 Å². The minimum atomic E-state index is -4.06. The average molecular weight is 304 g/mol. The monoisotopic (exact) mass is 303 g/mol. The normalized spacial score (nSPS) is 11.7. The fourth-order valence-corrected chi connectivity index (χ4v) is 2.54. The Balaban J connectivity index is 2.87. The fourth-order valence-electron chi connectivity index (χ4n) is 1.45. The molecule has 1 heterocycles. The Morgan fingerprint density at radius 1 is 1.42 bits per heavy atom. The molecule has 0 aliphatic heterocycles. The van der Waals surface area contributed by atoms with Gasteiger partial charge in [-0.1, -0.05) is 11.6 Å². The molecule has 0 aliphatic carbocycles. The van der Waals surface area contributed by atoms with E-state index in [0.29, 0.717) is 0 Å². The molecule has 0 unspecified atom stereocenters. The highest BCUT2D eigenvalue weighted by atomic mass is 35.5. The maximum atomic E-state index is 11.4. The van der Waals surface area contributed by atoms with Gasteiger partial charge in [-0.05, 0) is 12.1 Å². The highest BCUT2D eigenvalue weighted by Gasteiger charge is 2.17. The SMILES string of the molecule is NS(=O)(=O)c1cc2[nH]c(=O)c(C(=O)O)nc2cc1Cl. The molecule has 0 radical (unpaired) electrons. The zero-order chi connectivity index (χ0) is 14.4. The first-order chi connectivity index (χ1) is 8.70. The number of hydrogen-bond donors (Lipinski definition) is 3. The lowest BCUT2D eigenvalue weighted by molar-refractivity contribution is 0.0689. The van der Waals surface area contributed by atoms with Crippen LogP contribution in [0.2, 0.25) is 5.02 Å². The summed E-state index contributed by atoms with van der Waals surface area (Å²) in [5.74, 6) is -1.50. The van der Waals surface area contributed by atoms with Crippen LogP contribution < -0.4 is 10.7 Å². The second-order valence-corrected chi connectivity index (χ2v) is 5.50. The van der Waals surface area contributed by atoms with Crippen LogP contribution in [0.3, 0.4) is 0 Å². The van der Waals surface area contributed by atoms with Crippen molar-refractivity contribution in [1.82, 2.24) is 9.97 Å². The topological polar surface area (TPSA) is 143 Å². The van der Waals surface area contributed by atoms with Gasteiger partial charge in [0.1, 0.15) is 4.90 Å². The lowest BCUT2D eigenvalue weighted by Crippen LogP contribution is -2.20. The largest absolute Gasteiger partial charge is 0.476 e. The van der Waals surface area contributed by atoms with Gasteiger partial charge in [-0.15, -0.1) is 0 Å². The molecule has 0 aliphatic rings. The number of sulfonamides is 1. The second-order valence-electron chi connectivity index (χ2n) is 3.56. The van der Waals surface area contributed by atoms with Gasteiger partial charge in [-0.25, -0.2) is 23.3 Å². The number of carboxylic acid groups (broad SMARTS) is 1. The summed E-state index contributed by atoms with van der Waals surface area (Å²) in [6.45, 7) is 0. The van der Waals surface area contributed by atoms with Gasteiger partial charge in [0, 0.05) is 0 Å². The molecule has 10 heteroatoms. The first-order valence-corrected chi connectivity index (χ1v) is 6.62. The lowest BCUT2D eigenvalue weighted by Gasteiger charge is -2.04. The minimum Gasteiger partial charge on any atom is -0.476 e. The van der Waals surface area contributed by atoms with Crippen molar-refractivity contribution in [1.29, 1.82) is 0 Å². The minimum absolute atomic E-state index is 0.0171. The number of H-pyrrole nitrogens is 1. The van der Waals surface area contributed by atoms with Crippen molar-refractivity contribution in [3.63, 3.8) is 0 Å². The number of fused-ring (bicyclic) bond motifs is 1. The molecule has 0 spiro atoms. The number of carbonyl (C=O) groups is 1. The van der Waals surface area contributed by atoms with Gasteiger partial charge in [0.2, 0.25) is 15.7 Å². The van der Waals surface area contributed by atoms with E-state index in [1.165, 1.54) is 0 Å². The van der Waals surface area contributed by atoms with Crippen LogP contribution in [0.25, 0.3) is 11.0 Å². The molecule has 19 heavy (non-hydrogen) atoms. The number of aromatic carboxylic acids is 1. The molecule has 0 fully saturated rings. The molecule has 2 aromatic rings. The Kier molecular flexibility index (Phi) is 3.04. The van der Waals surface area contributed by atoms with Crippen LogP contribution in [0.4, 0.5) is 0 Å². The van der Waals surface area contributed by atoms with Crippen LogP contribution in [0, 0.1) is 0 Å². The van der Waals surface area contributed by atoms with E-state index in [1.807, 2.05) is 0 Å². The molecular formula is C9H6ClN3O5S. The van der Waals surface area contributed by atoms with Crippen molar-refractivity contribution in [2.45, 2.75) is 4.90 Å². The molecule has 0 bridgehead atoms. The molecule has 4 N–H and O–H groups in total. The fraction of sp³-hybridized carbons (Fsp3) is 0. The number of primary sulfonamides is 1. The molecule has 8 nitrogen and oxygen atoms in total. The van der Waals surface area contributed by atoms with Gasteiger partial charge in [0.05, 0.1) is 16.1 Å². The summed E-state index contributed by atoms with van der Waals surface area (Å²) in [5, 5.41) is 13.5. The van der Waals surface area contributed by atoms with Crippen molar-refractivity contribution >= 4 is 38.6 Å². The summed E-state index contributed by atoms with van der Waals surface area (Å²) in [7, 11) is -4.06. The maximum Gasteiger partial charge on any atom is 0.360 e. The molecule has 1 aromatic carbocycles. The molecule has 0 saturated heterocycles. The maximum absolute atomic E-state index is 11.4. The van der Waals surface area contributed by atoms with E-state index in [2.05, 4.69) is 9.97 Å². The van der Waals surface area contributed by atoms with Crippen molar-refractivity contribution in [3.8, 4) is 0 Å². The number of nitrogens with two attached hydrogens (primary N) is 1.